The lowest BCUT2D eigenvalue weighted by molar-refractivity contribution is -0.384. The van der Waals surface area contributed by atoms with Gasteiger partial charge in [-0.2, -0.15) is 0 Å². The molecule has 23 heavy (non-hydrogen) atoms. The first-order valence-corrected chi connectivity index (χ1v) is 6.91. The third-order valence-electron chi connectivity index (χ3n) is 2.89. The van der Waals surface area contributed by atoms with E-state index in [4.69, 9.17) is 10.2 Å². The number of rotatable bonds is 4. The van der Waals surface area contributed by atoms with E-state index in [2.05, 4.69) is 17.5 Å². The maximum atomic E-state index is 11.4. The highest BCUT2D eigenvalue weighted by Gasteiger charge is 2.17. The summed E-state index contributed by atoms with van der Waals surface area (Å²) in [7, 11) is 0. The van der Waals surface area contributed by atoms with Gasteiger partial charge in [0.2, 0.25) is 5.91 Å². The van der Waals surface area contributed by atoms with Crippen molar-refractivity contribution < 1.29 is 14.1 Å². The number of nitro groups is 1. The van der Waals surface area contributed by atoms with Crippen LogP contribution < -0.4 is 11.1 Å². The van der Waals surface area contributed by atoms with Crippen molar-refractivity contribution in [1.29, 1.82) is 0 Å². The minimum absolute atomic E-state index is 0.0406. The first-order valence-electron chi connectivity index (χ1n) is 6.50. The lowest BCUT2D eigenvalue weighted by Crippen LogP contribution is -2.33. The first-order chi connectivity index (χ1) is 10.9. The molecule has 3 N–H and O–H groups in total. The van der Waals surface area contributed by atoms with E-state index >= 15 is 0 Å². The van der Waals surface area contributed by atoms with Gasteiger partial charge in [-0.05, 0) is 49.0 Å². The lowest BCUT2D eigenvalue weighted by atomic mass is 10.1. The second kappa shape index (κ2) is 6.84. The monoisotopic (exact) mass is 331 g/mol. The molecule has 0 saturated heterocycles. The van der Waals surface area contributed by atoms with Crippen LogP contribution in [0.25, 0.3) is 17.4 Å². The van der Waals surface area contributed by atoms with Gasteiger partial charge in [0.05, 0.1) is 10.5 Å². The van der Waals surface area contributed by atoms with Gasteiger partial charge in [-0.25, -0.2) is 0 Å². The highest BCUT2D eigenvalue weighted by Crippen LogP contribution is 2.32. The average Bonchev–Trinajstić information content (AvgIpc) is 2.93. The number of carbonyl (C=O) groups is 1. The summed E-state index contributed by atoms with van der Waals surface area (Å²) in [6.07, 6.45) is 2.61. The van der Waals surface area contributed by atoms with Gasteiger partial charge >= 0.3 is 0 Å². The fourth-order valence-electron chi connectivity index (χ4n) is 1.91. The number of nitrogens with two attached hydrogens (primary N) is 1. The lowest BCUT2D eigenvalue weighted by Gasteiger charge is -2.01. The number of hydrogen-bond acceptors (Lipinski definition) is 5. The molecule has 0 spiro atoms. The van der Waals surface area contributed by atoms with Gasteiger partial charge in [-0.15, -0.1) is 0 Å². The molecule has 2 rings (SSSR count). The van der Waals surface area contributed by atoms with E-state index in [0.717, 1.165) is 5.56 Å². The number of carbonyl (C=O) groups excluding carboxylic acids is 1. The smallest absolute Gasteiger partial charge is 0.280 e. The van der Waals surface area contributed by atoms with E-state index in [0.29, 0.717) is 17.1 Å². The number of nitrogens with zero attached hydrogens (tertiary/aromatic N) is 1. The zero-order valence-corrected chi connectivity index (χ0v) is 12.9. The number of nitrogens with one attached hydrogen (secondary N) is 1. The van der Waals surface area contributed by atoms with Gasteiger partial charge in [0.1, 0.15) is 11.5 Å². The first kappa shape index (κ1) is 16.4. The molecule has 0 radical (unpaired) electrons. The second-order valence-corrected chi connectivity index (χ2v) is 5.11. The van der Waals surface area contributed by atoms with E-state index in [9.17, 15) is 14.9 Å². The molecule has 1 heterocycles. The Labute approximate surface area is 136 Å². The molecule has 0 aliphatic heterocycles. The third-order valence-corrected chi connectivity index (χ3v) is 2.99. The topological polar surface area (TPSA) is 111 Å². The summed E-state index contributed by atoms with van der Waals surface area (Å²) in [5.74, 6) is 0.218. The maximum absolute atomic E-state index is 11.4. The number of nitro benzene ring substituents is 1. The van der Waals surface area contributed by atoms with Crippen LogP contribution in [0, 0.1) is 17.0 Å². The van der Waals surface area contributed by atoms with Crippen molar-refractivity contribution in [2.24, 2.45) is 5.73 Å². The molecule has 118 valence electrons. The van der Waals surface area contributed by atoms with Gasteiger partial charge in [0.15, 0.2) is 5.11 Å². The van der Waals surface area contributed by atoms with Crippen molar-refractivity contribution in [3.05, 3.63) is 57.8 Å². The van der Waals surface area contributed by atoms with Crippen molar-refractivity contribution in [3.63, 3.8) is 0 Å². The Morgan fingerprint density at radius 2 is 2.13 bits per heavy atom. The minimum Gasteiger partial charge on any atom is -0.456 e. The summed E-state index contributed by atoms with van der Waals surface area (Å²) in [6.45, 7) is 1.77. The molecule has 1 amide bonds. The Bertz CT molecular complexity index is 811. The summed E-state index contributed by atoms with van der Waals surface area (Å²) in [4.78, 5) is 22.1. The Balaban J connectivity index is 2.26. The van der Waals surface area contributed by atoms with Gasteiger partial charge in [0, 0.05) is 12.1 Å². The van der Waals surface area contributed by atoms with Gasteiger partial charge in [-0.1, -0.05) is 6.07 Å². The molecule has 0 fully saturated rings. The molecule has 0 saturated carbocycles. The Hall–Kier alpha value is -3.00. The number of amides is 1. The molecule has 1 aromatic heterocycles. The Morgan fingerprint density at radius 3 is 2.78 bits per heavy atom. The van der Waals surface area contributed by atoms with Crippen molar-refractivity contribution in [1.82, 2.24) is 5.32 Å². The maximum Gasteiger partial charge on any atom is 0.280 e. The Kier molecular flexibility index (Phi) is 4.87. The largest absolute Gasteiger partial charge is 0.456 e. The number of furan rings is 1. The van der Waals surface area contributed by atoms with Crippen LogP contribution in [0.3, 0.4) is 0 Å². The van der Waals surface area contributed by atoms with E-state index in [-0.39, 0.29) is 10.8 Å². The molecule has 7 nitrogen and oxygen atoms in total. The second-order valence-electron chi connectivity index (χ2n) is 4.67. The molecule has 0 aliphatic carbocycles. The predicted molar refractivity (Wildman–Crippen MR) is 89.5 cm³/mol. The predicted octanol–water partition coefficient (Wildman–Crippen LogP) is 2.54. The van der Waals surface area contributed by atoms with Crippen LogP contribution in [-0.4, -0.2) is 15.9 Å². The van der Waals surface area contributed by atoms with Crippen LogP contribution in [0.15, 0.2) is 40.8 Å². The van der Waals surface area contributed by atoms with E-state index < -0.39 is 10.8 Å². The van der Waals surface area contributed by atoms with E-state index in [1.54, 1.807) is 31.2 Å². The summed E-state index contributed by atoms with van der Waals surface area (Å²) in [5.41, 5.74) is 6.28. The third kappa shape index (κ3) is 4.24. The molecule has 0 atom stereocenters. The fraction of sp³-hybridized carbons (Fsp3) is 0.0667. The highest BCUT2D eigenvalue weighted by atomic mass is 32.1. The molecular formula is C15H13N3O4S. The van der Waals surface area contributed by atoms with Crippen molar-refractivity contribution >= 4 is 35.0 Å². The van der Waals surface area contributed by atoms with Gasteiger partial charge < -0.3 is 10.2 Å². The number of benzene rings is 1. The summed E-state index contributed by atoms with van der Waals surface area (Å²) in [6, 6.07) is 8.06. The van der Waals surface area contributed by atoms with Crippen molar-refractivity contribution in [2.75, 3.05) is 0 Å². The number of thiocarbonyl (C=S) groups is 1. The molecule has 1 aromatic carbocycles. The van der Waals surface area contributed by atoms with Crippen molar-refractivity contribution in [2.45, 2.75) is 6.92 Å². The van der Waals surface area contributed by atoms with E-state index in [1.807, 2.05) is 0 Å². The van der Waals surface area contributed by atoms with Crippen LogP contribution in [0.1, 0.15) is 11.3 Å². The van der Waals surface area contributed by atoms with Gasteiger partial charge in [0.25, 0.3) is 5.69 Å². The standard InChI is InChI=1S/C15H13N3O4S/c1-9-2-5-11(12(8-9)18(20)21)13-6-3-10(22-13)4-7-14(19)17-15(16)23/h2-8H,1H3,(H3,16,17,19,23)/b7-4+. The molecule has 2 aromatic rings. The Morgan fingerprint density at radius 1 is 1.39 bits per heavy atom. The average molecular weight is 331 g/mol. The van der Waals surface area contributed by atoms with Crippen molar-refractivity contribution in [3.8, 4) is 11.3 Å². The van der Waals surface area contributed by atoms with Gasteiger partial charge in [-0.3, -0.25) is 20.2 Å². The molecule has 0 aliphatic rings. The minimum atomic E-state index is -0.489. The van der Waals surface area contributed by atoms with Crippen LogP contribution in [0.2, 0.25) is 0 Å². The summed E-state index contributed by atoms with van der Waals surface area (Å²) in [5, 5.41) is 13.2. The highest BCUT2D eigenvalue weighted by molar-refractivity contribution is 7.80. The zero-order valence-electron chi connectivity index (χ0n) is 12.1. The normalized spacial score (nSPS) is 10.7. The molecule has 0 bridgehead atoms. The number of aryl methyl sites for hydroxylation is 1. The molecular weight excluding hydrogens is 318 g/mol. The molecule has 0 unspecified atom stereocenters. The molecule has 8 heteroatoms. The summed E-state index contributed by atoms with van der Waals surface area (Å²) >= 11 is 4.54. The van der Waals surface area contributed by atoms with Crippen LogP contribution in [0.5, 0.6) is 0 Å². The zero-order chi connectivity index (χ0) is 17.0. The SMILES string of the molecule is Cc1ccc(-c2ccc(/C=C/C(=O)NC(N)=S)o2)c([N+](=O)[O-])c1. The van der Waals surface area contributed by atoms with Crippen LogP contribution >= 0.6 is 12.2 Å². The summed E-state index contributed by atoms with van der Waals surface area (Å²) < 4.78 is 5.52. The van der Waals surface area contributed by atoms with E-state index in [1.165, 1.54) is 18.2 Å². The van der Waals surface area contributed by atoms with Crippen LogP contribution in [-0.2, 0) is 4.79 Å². The fourth-order valence-corrected chi connectivity index (χ4v) is 2.01. The quantitative estimate of drug-likeness (QED) is 0.385. The number of hydrogen-bond donors (Lipinski definition) is 2. The van der Waals surface area contributed by atoms with Crippen LogP contribution in [0.4, 0.5) is 5.69 Å².